The van der Waals surface area contributed by atoms with Crippen molar-refractivity contribution < 1.29 is 14.4 Å². The van der Waals surface area contributed by atoms with Crippen LogP contribution < -0.4 is 16.5 Å². The molecule has 6 nitrogen and oxygen atoms in total. The molecule has 0 bridgehead atoms. The molecule has 0 saturated carbocycles. The lowest BCUT2D eigenvalue weighted by Crippen LogP contribution is -2.39. The molecule has 4 N–H and O–H groups in total. The van der Waals surface area contributed by atoms with Crippen LogP contribution in [0.5, 0.6) is 0 Å². The van der Waals surface area contributed by atoms with Gasteiger partial charge in [-0.05, 0) is 18.1 Å². The minimum Gasteiger partial charge on any atom is -0.384 e. The molecule has 1 unspecified atom stereocenters. The van der Waals surface area contributed by atoms with Gasteiger partial charge in [0.2, 0.25) is 11.8 Å². The minimum atomic E-state index is -0.623. The summed E-state index contributed by atoms with van der Waals surface area (Å²) in [6.45, 7) is 0.227. The van der Waals surface area contributed by atoms with Crippen LogP contribution in [0.1, 0.15) is 5.56 Å². The molecule has 0 aromatic heterocycles. The van der Waals surface area contributed by atoms with Gasteiger partial charge in [0.1, 0.15) is 0 Å². The van der Waals surface area contributed by atoms with E-state index in [1.54, 1.807) is 0 Å². The number of anilines is 1. The van der Waals surface area contributed by atoms with Crippen LogP contribution in [0, 0.1) is 5.92 Å². The molecule has 0 aliphatic carbocycles. The maximum Gasteiger partial charge on any atom is 0.248 e. The fourth-order valence-electron chi connectivity index (χ4n) is 1.89. The normalized spacial score (nSPS) is 17.4. The van der Waals surface area contributed by atoms with Gasteiger partial charge in [-0.3, -0.25) is 14.4 Å². The fraction of sp³-hybridized carbons (Fsp3) is 0.333. The third kappa shape index (κ3) is 2.98. The molecule has 0 saturated heterocycles. The maximum absolute atomic E-state index is 11.8. The van der Waals surface area contributed by atoms with E-state index in [0.717, 1.165) is 11.3 Å². The van der Waals surface area contributed by atoms with Gasteiger partial charge >= 0.3 is 0 Å². The second-order valence-electron chi connectivity index (χ2n) is 4.16. The van der Waals surface area contributed by atoms with Crippen LogP contribution in [-0.4, -0.2) is 25.0 Å². The van der Waals surface area contributed by atoms with Crippen LogP contribution >= 0.6 is 0 Å². The van der Waals surface area contributed by atoms with E-state index < -0.39 is 5.91 Å². The van der Waals surface area contributed by atoms with E-state index in [1.807, 2.05) is 24.3 Å². The Morgan fingerprint density at radius 1 is 1.44 bits per heavy atom. The molecular weight excluding hydrogens is 234 g/mol. The topological polar surface area (TPSA) is 93.5 Å². The number of carbonyl (C=O) groups excluding carboxylic acids is 2. The molecular formula is C12H15N3O3. The third-order valence-electron chi connectivity index (χ3n) is 2.78. The van der Waals surface area contributed by atoms with Crippen molar-refractivity contribution in [2.24, 2.45) is 11.7 Å². The van der Waals surface area contributed by atoms with E-state index in [-0.39, 0.29) is 18.4 Å². The molecule has 1 aromatic rings. The van der Waals surface area contributed by atoms with Crippen molar-refractivity contribution in [1.82, 2.24) is 5.48 Å². The highest BCUT2D eigenvalue weighted by molar-refractivity contribution is 5.80. The van der Waals surface area contributed by atoms with Gasteiger partial charge in [0.25, 0.3) is 0 Å². The zero-order valence-corrected chi connectivity index (χ0v) is 9.81. The molecule has 1 aliphatic heterocycles. The highest BCUT2D eigenvalue weighted by Crippen LogP contribution is 2.24. The molecule has 1 heterocycles. The Morgan fingerprint density at radius 2 is 2.22 bits per heavy atom. The van der Waals surface area contributed by atoms with E-state index in [4.69, 9.17) is 10.6 Å². The number of amides is 2. The Bertz CT molecular complexity index is 462. The highest BCUT2D eigenvalue weighted by atomic mass is 16.7. The summed E-state index contributed by atoms with van der Waals surface area (Å²) in [6.07, 6.45) is 0.648. The number of hydroxylamine groups is 1. The van der Waals surface area contributed by atoms with Crippen LogP contribution in [0.2, 0.25) is 0 Å². The highest BCUT2D eigenvalue weighted by Gasteiger charge is 2.24. The van der Waals surface area contributed by atoms with Gasteiger partial charge in [0.05, 0.1) is 5.92 Å². The standard InChI is InChI=1S/C12H15N3O3/c13-11(16)7-18-15-12(17)9-5-8-3-1-2-4-10(8)14-6-9/h1-4,9,14H,5-7H2,(H2,13,16)(H,15,17). The number of carbonyl (C=O) groups is 2. The van der Waals surface area contributed by atoms with E-state index in [1.165, 1.54) is 0 Å². The number of hydrogen-bond acceptors (Lipinski definition) is 4. The first-order valence-corrected chi connectivity index (χ1v) is 5.68. The zero-order valence-electron chi connectivity index (χ0n) is 9.81. The number of rotatable bonds is 4. The lowest BCUT2D eigenvalue weighted by molar-refractivity contribution is -0.140. The molecule has 6 heteroatoms. The monoisotopic (exact) mass is 249 g/mol. The van der Waals surface area contributed by atoms with Crippen LogP contribution in [0.4, 0.5) is 5.69 Å². The average molecular weight is 249 g/mol. The molecule has 96 valence electrons. The smallest absolute Gasteiger partial charge is 0.248 e. The molecule has 0 spiro atoms. The van der Waals surface area contributed by atoms with Gasteiger partial charge in [-0.15, -0.1) is 0 Å². The van der Waals surface area contributed by atoms with Crippen LogP contribution in [0.15, 0.2) is 24.3 Å². The van der Waals surface area contributed by atoms with E-state index in [9.17, 15) is 9.59 Å². The second kappa shape index (κ2) is 5.50. The lowest BCUT2D eigenvalue weighted by Gasteiger charge is -2.24. The number of nitrogens with one attached hydrogen (secondary N) is 2. The Kier molecular flexibility index (Phi) is 3.78. The van der Waals surface area contributed by atoms with Crippen molar-refractivity contribution in [1.29, 1.82) is 0 Å². The number of fused-ring (bicyclic) bond motifs is 1. The summed E-state index contributed by atoms with van der Waals surface area (Å²) in [5.41, 5.74) is 9.28. The lowest BCUT2D eigenvalue weighted by atomic mass is 9.93. The number of nitrogens with two attached hydrogens (primary N) is 1. The number of benzene rings is 1. The molecule has 0 radical (unpaired) electrons. The first-order valence-electron chi connectivity index (χ1n) is 5.68. The maximum atomic E-state index is 11.8. The van der Waals surface area contributed by atoms with Gasteiger partial charge in [-0.25, -0.2) is 5.48 Å². The first-order chi connectivity index (χ1) is 8.66. The zero-order chi connectivity index (χ0) is 13.0. The molecule has 2 amide bonds. The Morgan fingerprint density at radius 3 is 3.00 bits per heavy atom. The van der Waals surface area contributed by atoms with Crippen molar-refractivity contribution in [3.63, 3.8) is 0 Å². The second-order valence-corrected chi connectivity index (χ2v) is 4.16. The van der Waals surface area contributed by atoms with Gasteiger partial charge in [0, 0.05) is 12.2 Å². The molecule has 1 atom stereocenters. The summed E-state index contributed by atoms with van der Waals surface area (Å²) in [5.74, 6) is -1.09. The summed E-state index contributed by atoms with van der Waals surface area (Å²) < 4.78 is 0. The van der Waals surface area contributed by atoms with Crippen molar-refractivity contribution in [3.8, 4) is 0 Å². The predicted molar refractivity (Wildman–Crippen MR) is 65.4 cm³/mol. The molecule has 2 rings (SSSR count). The van der Waals surface area contributed by atoms with Gasteiger partial charge in [-0.1, -0.05) is 18.2 Å². The molecule has 0 fully saturated rings. The van der Waals surface area contributed by atoms with Crippen molar-refractivity contribution >= 4 is 17.5 Å². The molecule has 1 aromatic carbocycles. The Balaban J connectivity index is 1.88. The van der Waals surface area contributed by atoms with Gasteiger partial charge in [0.15, 0.2) is 6.61 Å². The van der Waals surface area contributed by atoms with Crippen molar-refractivity contribution in [2.45, 2.75) is 6.42 Å². The van der Waals surface area contributed by atoms with Gasteiger partial charge < -0.3 is 11.1 Å². The summed E-state index contributed by atoms with van der Waals surface area (Å²) in [4.78, 5) is 26.9. The summed E-state index contributed by atoms with van der Waals surface area (Å²) in [7, 11) is 0. The Labute approximate surface area is 104 Å². The SMILES string of the molecule is NC(=O)CONC(=O)C1CNc2ccccc2C1. The van der Waals surface area contributed by atoms with E-state index in [2.05, 4.69) is 10.8 Å². The molecule has 1 aliphatic rings. The van der Waals surface area contributed by atoms with E-state index in [0.29, 0.717) is 13.0 Å². The summed E-state index contributed by atoms with van der Waals surface area (Å²) in [6, 6.07) is 7.84. The minimum absolute atomic E-state index is 0.215. The number of hydrogen-bond donors (Lipinski definition) is 3. The quantitative estimate of drug-likeness (QED) is 0.644. The van der Waals surface area contributed by atoms with Gasteiger partial charge in [-0.2, -0.15) is 0 Å². The summed E-state index contributed by atoms with van der Waals surface area (Å²) in [5, 5.41) is 3.18. The molecule has 18 heavy (non-hydrogen) atoms. The Hall–Kier alpha value is -2.08. The number of para-hydroxylation sites is 1. The van der Waals surface area contributed by atoms with Crippen molar-refractivity contribution in [2.75, 3.05) is 18.5 Å². The van der Waals surface area contributed by atoms with E-state index >= 15 is 0 Å². The summed E-state index contributed by atoms with van der Waals surface area (Å²) >= 11 is 0. The average Bonchev–Trinajstić information content (AvgIpc) is 2.37. The van der Waals surface area contributed by atoms with Crippen molar-refractivity contribution in [3.05, 3.63) is 29.8 Å². The largest absolute Gasteiger partial charge is 0.384 e. The third-order valence-corrected chi connectivity index (χ3v) is 2.78. The first kappa shape index (κ1) is 12.4. The fourth-order valence-corrected chi connectivity index (χ4v) is 1.89. The van der Waals surface area contributed by atoms with Crippen LogP contribution in [-0.2, 0) is 20.8 Å². The van der Waals surface area contributed by atoms with Crippen LogP contribution in [0.25, 0.3) is 0 Å². The predicted octanol–water partition coefficient (Wildman–Crippen LogP) is -0.196. The van der Waals surface area contributed by atoms with Crippen LogP contribution in [0.3, 0.4) is 0 Å². The number of primary amides is 1.